The van der Waals surface area contributed by atoms with Crippen molar-refractivity contribution in [3.05, 3.63) is 72.4 Å². The molecule has 0 saturated carbocycles. The maximum absolute atomic E-state index is 6.11. The SMILES string of the molecule is COc1cc2cc(-c3cc(OC)c(OC)c(OCc4ccccc4)c3)cnc2cc1OC. The summed E-state index contributed by atoms with van der Waals surface area (Å²) in [5.41, 5.74) is 3.69. The lowest BCUT2D eigenvalue weighted by Crippen LogP contribution is -2.00. The Balaban J connectivity index is 1.75. The van der Waals surface area contributed by atoms with Crippen molar-refractivity contribution < 1.29 is 23.7 Å². The fourth-order valence-electron chi connectivity index (χ4n) is 3.55. The second kappa shape index (κ2) is 9.47. The van der Waals surface area contributed by atoms with Crippen LogP contribution in [-0.2, 0) is 6.61 Å². The Morgan fingerprint density at radius 3 is 2.03 bits per heavy atom. The fraction of sp³-hybridized carbons (Fsp3) is 0.192. The van der Waals surface area contributed by atoms with Gasteiger partial charge in [-0.1, -0.05) is 30.3 Å². The molecular weight excluding hydrogens is 406 g/mol. The first-order chi connectivity index (χ1) is 15.7. The molecule has 3 aromatic carbocycles. The predicted molar refractivity (Wildman–Crippen MR) is 124 cm³/mol. The van der Waals surface area contributed by atoms with Crippen molar-refractivity contribution in [2.75, 3.05) is 28.4 Å². The quantitative estimate of drug-likeness (QED) is 0.366. The third-order valence-corrected chi connectivity index (χ3v) is 5.20. The molecule has 0 spiro atoms. The summed E-state index contributed by atoms with van der Waals surface area (Å²) in [6.07, 6.45) is 1.82. The molecule has 0 aliphatic carbocycles. The van der Waals surface area contributed by atoms with Crippen LogP contribution in [0.4, 0.5) is 0 Å². The minimum atomic E-state index is 0.413. The molecule has 0 amide bonds. The molecule has 4 rings (SSSR count). The van der Waals surface area contributed by atoms with E-state index in [4.69, 9.17) is 23.7 Å². The standard InChI is InChI=1S/C26H25NO5/c1-28-22-13-19-10-20(15-27-21(19)14-23(22)29-2)18-11-24(30-3)26(31-4)25(12-18)32-16-17-8-6-5-7-9-17/h5-15H,16H2,1-4H3. The lowest BCUT2D eigenvalue weighted by molar-refractivity contribution is 0.275. The maximum atomic E-state index is 6.11. The highest BCUT2D eigenvalue weighted by molar-refractivity contribution is 5.87. The van der Waals surface area contributed by atoms with E-state index in [1.165, 1.54) is 0 Å². The Bertz CT molecular complexity index is 1220. The highest BCUT2D eigenvalue weighted by Gasteiger charge is 2.16. The van der Waals surface area contributed by atoms with Crippen molar-refractivity contribution in [2.45, 2.75) is 6.61 Å². The van der Waals surface area contributed by atoms with Crippen LogP contribution >= 0.6 is 0 Å². The molecule has 1 heterocycles. The smallest absolute Gasteiger partial charge is 0.203 e. The molecule has 0 atom stereocenters. The molecule has 0 bridgehead atoms. The Morgan fingerprint density at radius 1 is 0.656 bits per heavy atom. The number of fused-ring (bicyclic) bond motifs is 1. The summed E-state index contributed by atoms with van der Waals surface area (Å²) in [6.45, 7) is 0.413. The van der Waals surface area contributed by atoms with E-state index in [1.54, 1.807) is 28.4 Å². The molecule has 6 nitrogen and oxygen atoms in total. The van der Waals surface area contributed by atoms with Crippen LogP contribution in [0.2, 0.25) is 0 Å². The van der Waals surface area contributed by atoms with Crippen LogP contribution in [0.5, 0.6) is 28.7 Å². The van der Waals surface area contributed by atoms with Gasteiger partial charge in [0, 0.05) is 23.2 Å². The molecule has 0 saturated heterocycles. The minimum Gasteiger partial charge on any atom is -0.493 e. The lowest BCUT2D eigenvalue weighted by Gasteiger charge is -2.16. The van der Waals surface area contributed by atoms with Gasteiger partial charge in [0.15, 0.2) is 23.0 Å². The van der Waals surface area contributed by atoms with Crippen LogP contribution < -0.4 is 23.7 Å². The average molecular weight is 431 g/mol. The molecule has 0 N–H and O–H groups in total. The molecule has 32 heavy (non-hydrogen) atoms. The summed E-state index contributed by atoms with van der Waals surface area (Å²) in [5, 5.41) is 0.932. The van der Waals surface area contributed by atoms with Crippen molar-refractivity contribution in [3.8, 4) is 39.9 Å². The van der Waals surface area contributed by atoms with Gasteiger partial charge in [0.05, 0.1) is 34.0 Å². The summed E-state index contributed by atoms with van der Waals surface area (Å²) in [6, 6.07) is 19.7. The first-order valence-electron chi connectivity index (χ1n) is 10.1. The average Bonchev–Trinajstić information content (AvgIpc) is 2.86. The number of hydrogen-bond acceptors (Lipinski definition) is 6. The van der Waals surface area contributed by atoms with E-state index in [0.29, 0.717) is 35.4 Å². The fourth-order valence-corrected chi connectivity index (χ4v) is 3.55. The molecule has 6 heteroatoms. The van der Waals surface area contributed by atoms with Crippen LogP contribution in [0.1, 0.15) is 5.56 Å². The van der Waals surface area contributed by atoms with Crippen LogP contribution in [-0.4, -0.2) is 33.4 Å². The monoisotopic (exact) mass is 431 g/mol. The number of ether oxygens (including phenoxy) is 5. The molecule has 4 aromatic rings. The van der Waals surface area contributed by atoms with Crippen LogP contribution in [0.15, 0.2) is 66.9 Å². The van der Waals surface area contributed by atoms with Crippen molar-refractivity contribution >= 4 is 10.9 Å². The number of nitrogens with zero attached hydrogens (tertiary/aromatic N) is 1. The van der Waals surface area contributed by atoms with E-state index in [2.05, 4.69) is 4.98 Å². The summed E-state index contributed by atoms with van der Waals surface area (Å²) < 4.78 is 28.1. The van der Waals surface area contributed by atoms with Gasteiger partial charge in [-0.15, -0.1) is 0 Å². The predicted octanol–water partition coefficient (Wildman–Crippen LogP) is 5.52. The zero-order chi connectivity index (χ0) is 22.5. The topological polar surface area (TPSA) is 59.0 Å². The minimum absolute atomic E-state index is 0.413. The molecule has 0 unspecified atom stereocenters. The van der Waals surface area contributed by atoms with Gasteiger partial charge >= 0.3 is 0 Å². The molecule has 0 fully saturated rings. The van der Waals surface area contributed by atoms with Gasteiger partial charge in [-0.25, -0.2) is 0 Å². The van der Waals surface area contributed by atoms with Gasteiger partial charge in [0.1, 0.15) is 6.61 Å². The first kappa shape index (κ1) is 21.3. The van der Waals surface area contributed by atoms with Crippen molar-refractivity contribution in [1.29, 1.82) is 0 Å². The normalized spacial score (nSPS) is 10.6. The Labute approximate surface area is 187 Å². The van der Waals surface area contributed by atoms with Gasteiger partial charge < -0.3 is 23.7 Å². The van der Waals surface area contributed by atoms with E-state index in [0.717, 1.165) is 27.6 Å². The summed E-state index contributed by atoms with van der Waals surface area (Å²) >= 11 is 0. The molecular formula is C26H25NO5. The summed E-state index contributed by atoms with van der Waals surface area (Å²) in [4.78, 5) is 4.61. The third-order valence-electron chi connectivity index (χ3n) is 5.20. The highest BCUT2D eigenvalue weighted by atomic mass is 16.5. The van der Waals surface area contributed by atoms with Gasteiger partial charge in [-0.2, -0.15) is 0 Å². The Hall–Kier alpha value is -3.93. The van der Waals surface area contributed by atoms with Gasteiger partial charge in [0.2, 0.25) is 5.75 Å². The number of hydrogen-bond donors (Lipinski definition) is 0. The van der Waals surface area contributed by atoms with Crippen LogP contribution in [0.3, 0.4) is 0 Å². The second-order valence-electron chi connectivity index (χ2n) is 7.11. The number of benzene rings is 3. The first-order valence-corrected chi connectivity index (χ1v) is 10.1. The molecule has 0 radical (unpaired) electrons. The molecule has 164 valence electrons. The third kappa shape index (κ3) is 4.25. The van der Waals surface area contributed by atoms with E-state index in [-0.39, 0.29) is 0 Å². The van der Waals surface area contributed by atoms with E-state index >= 15 is 0 Å². The number of rotatable bonds is 8. The lowest BCUT2D eigenvalue weighted by atomic mass is 10.0. The number of aromatic nitrogens is 1. The van der Waals surface area contributed by atoms with E-state index < -0.39 is 0 Å². The van der Waals surface area contributed by atoms with E-state index in [1.807, 2.05) is 66.9 Å². The summed E-state index contributed by atoms with van der Waals surface area (Å²) in [5.74, 6) is 3.02. The largest absolute Gasteiger partial charge is 0.493 e. The van der Waals surface area contributed by atoms with E-state index in [9.17, 15) is 0 Å². The van der Waals surface area contributed by atoms with Crippen molar-refractivity contribution in [1.82, 2.24) is 4.98 Å². The van der Waals surface area contributed by atoms with Gasteiger partial charge in [-0.3, -0.25) is 4.98 Å². The van der Waals surface area contributed by atoms with Crippen LogP contribution in [0, 0.1) is 0 Å². The Kier molecular flexibility index (Phi) is 6.31. The highest BCUT2D eigenvalue weighted by Crippen LogP contribution is 2.42. The number of pyridine rings is 1. The van der Waals surface area contributed by atoms with Crippen molar-refractivity contribution in [3.63, 3.8) is 0 Å². The number of methoxy groups -OCH3 is 4. The summed E-state index contributed by atoms with van der Waals surface area (Å²) in [7, 11) is 6.44. The Morgan fingerprint density at radius 2 is 1.34 bits per heavy atom. The zero-order valence-corrected chi connectivity index (χ0v) is 18.5. The molecule has 1 aromatic heterocycles. The van der Waals surface area contributed by atoms with Crippen molar-refractivity contribution in [2.24, 2.45) is 0 Å². The zero-order valence-electron chi connectivity index (χ0n) is 18.5. The maximum Gasteiger partial charge on any atom is 0.203 e. The van der Waals surface area contributed by atoms with Crippen LogP contribution in [0.25, 0.3) is 22.0 Å². The molecule has 0 aliphatic heterocycles. The van der Waals surface area contributed by atoms with Gasteiger partial charge in [-0.05, 0) is 35.4 Å². The van der Waals surface area contributed by atoms with Gasteiger partial charge in [0.25, 0.3) is 0 Å². The second-order valence-corrected chi connectivity index (χ2v) is 7.11. The molecule has 0 aliphatic rings.